The topological polar surface area (TPSA) is 89.3 Å². The predicted octanol–water partition coefficient (Wildman–Crippen LogP) is 2.85. The Morgan fingerprint density at radius 3 is 2.12 bits per heavy atom. The minimum absolute atomic E-state index is 0. The Labute approximate surface area is 155 Å². The van der Waals surface area contributed by atoms with Crippen molar-refractivity contribution in [3.63, 3.8) is 0 Å². The monoisotopic (exact) mass is 382 g/mol. The lowest BCUT2D eigenvalue weighted by atomic mass is 10.1. The van der Waals surface area contributed by atoms with Gasteiger partial charge in [-0.2, -0.15) is 0 Å². The highest BCUT2D eigenvalue weighted by atomic mass is 35.5. The molecule has 5 nitrogen and oxygen atoms in total. The molecule has 0 unspecified atom stereocenters. The van der Waals surface area contributed by atoms with Crippen LogP contribution in [-0.2, 0) is 16.3 Å². The molecule has 1 amide bonds. The molecule has 0 radical (unpaired) electrons. The summed E-state index contributed by atoms with van der Waals surface area (Å²) in [6.45, 7) is 3.76. The number of nitrogens with one attached hydrogen (secondary N) is 1. The number of nitrogen functional groups attached to an aromatic ring is 1. The first-order chi connectivity index (χ1) is 11.3. The van der Waals surface area contributed by atoms with E-state index in [0.29, 0.717) is 24.2 Å². The maximum atomic E-state index is 12.1. The average Bonchev–Trinajstić information content (AvgIpc) is 2.56. The number of carbonyl (C=O) groups is 1. The van der Waals surface area contributed by atoms with Crippen LogP contribution in [0.25, 0.3) is 0 Å². The Kier molecular flexibility index (Phi) is 7.45. The third-order valence-corrected chi connectivity index (χ3v) is 5.92. The number of anilines is 1. The summed E-state index contributed by atoms with van der Waals surface area (Å²) in [6.07, 6.45) is 0.700. The zero-order chi connectivity index (χ0) is 17.7. The van der Waals surface area contributed by atoms with Gasteiger partial charge in [-0.1, -0.05) is 12.1 Å². The van der Waals surface area contributed by atoms with Gasteiger partial charge in [0.1, 0.15) is 0 Å². The standard InChI is InChI=1S/C18H22N2O3S.ClH/c1-13(2)24(22,23)17-9-5-15(6-10-17)18(21)20-12-11-14-3-7-16(19)8-4-14;/h3-10,13H,11-12,19H2,1-2H3,(H,20,21);1H. The Hall–Kier alpha value is -2.05. The number of benzene rings is 2. The normalized spacial score (nSPS) is 11.0. The summed E-state index contributed by atoms with van der Waals surface area (Å²) in [4.78, 5) is 12.3. The largest absolute Gasteiger partial charge is 0.399 e. The van der Waals surface area contributed by atoms with Crippen LogP contribution in [0.1, 0.15) is 29.8 Å². The maximum Gasteiger partial charge on any atom is 0.251 e. The van der Waals surface area contributed by atoms with E-state index in [-0.39, 0.29) is 23.2 Å². The minimum Gasteiger partial charge on any atom is -0.399 e. The molecule has 0 saturated carbocycles. The van der Waals surface area contributed by atoms with Crippen molar-refractivity contribution in [2.24, 2.45) is 0 Å². The lowest BCUT2D eigenvalue weighted by Gasteiger charge is -2.09. The minimum atomic E-state index is -3.32. The average molecular weight is 383 g/mol. The van der Waals surface area contributed by atoms with Crippen molar-refractivity contribution in [1.82, 2.24) is 5.32 Å². The molecule has 0 aliphatic carbocycles. The highest BCUT2D eigenvalue weighted by molar-refractivity contribution is 7.92. The molecule has 0 aliphatic heterocycles. The van der Waals surface area contributed by atoms with Crippen molar-refractivity contribution in [3.8, 4) is 0 Å². The highest BCUT2D eigenvalue weighted by Crippen LogP contribution is 2.16. The third kappa shape index (κ3) is 5.47. The van der Waals surface area contributed by atoms with E-state index in [9.17, 15) is 13.2 Å². The molecule has 3 N–H and O–H groups in total. The van der Waals surface area contributed by atoms with Gasteiger partial charge in [-0.15, -0.1) is 12.4 Å². The lowest BCUT2D eigenvalue weighted by molar-refractivity contribution is 0.0954. The number of hydrogen-bond donors (Lipinski definition) is 2. The first kappa shape index (κ1) is 21.0. The molecule has 25 heavy (non-hydrogen) atoms. The smallest absolute Gasteiger partial charge is 0.251 e. The molecule has 0 fully saturated rings. The van der Waals surface area contributed by atoms with E-state index in [1.807, 2.05) is 24.3 Å². The molecule has 2 aromatic carbocycles. The second-order valence-electron chi connectivity index (χ2n) is 5.87. The van der Waals surface area contributed by atoms with Crippen LogP contribution in [-0.4, -0.2) is 26.1 Å². The number of rotatable bonds is 6. The Balaban J connectivity index is 0.00000312. The Bertz CT molecular complexity index is 801. The fourth-order valence-electron chi connectivity index (χ4n) is 2.17. The molecule has 0 aromatic heterocycles. The molecule has 2 aromatic rings. The van der Waals surface area contributed by atoms with E-state index in [2.05, 4.69) is 5.32 Å². The number of halogens is 1. The lowest BCUT2D eigenvalue weighted by Crippen LogP contribution is -2.25. The maximum absolute atomic E-state index is 12.1. The number of sulfone groups is 1. The Morgan fingerprint density at radius 2 is 1.60 bits per heavy atom. The second kappa shape index (κ2) is 8.87. The van der Waals surface area contributed by atoms with Crippen LogP contribution >= 0.6 is 12.4 Å². The van der Waals surface area contributed by atoms with Crippen molar-refractivity contribution >= 4 is 33.8 Å². The zero-order valence-electron chi connectivity index (χ0n) is 14.2. The summed E-state index contributed by atoms with van der Waals surface area (Å²) in [5, 5.41) is 2.33. The number of hydrogen-bond acceptors (Lipinski definition) is 4. The predicted molar refractivity (Wildman–Crippen MR) is 103 cm³/mol. The van der Waals surface area contributed by atoms with Crippen LogP contribution in [0.4, 0.5) is 5.69 Å². The number of amides is 1. The van der Waals surface area contributed by atoms with Gasteiger partial charge in [-0.25, -0.2) is 8.42 Å². The summed E-state index contributed by atoms with van der Waals surface area (Å²) in [5.41, 5.74) is 7.86. The van der Waals surface area contributed by atoms with Crippen LogP contribution in [0, 0.1) is 0 Å². The number of nitrogens with two attached hydrogens (primary N) is 1. The van der Waals surface area contributed by atoms with Crippen molar-refractivity contribution in [3.05, 3.63) is 59.7 Å². The molecule has 7 heteroatoms. The molecular weight excluding hydrogens is 360 g/mol. The van der Waals surface area contributed by atoms with Gasteiger partial charge in [0.25, 0.3) is 5.91 Å². The summed E-state index contributed by atoms with van der Waals surface area (Å²) < 4.78 is 24.1. The van der Waals surface area contributed by atoms with Crippen LogP contribution in [0.3, 0.4) is 0 Å². The van der Waals surface area contributed by atoms with Gasteiger partial charge in [-0.3, -0.25) is 4.79 Å². The second-order valence-corrected chi connectivity index (χ2v) is 8.37. The zero-order valence-corrected chi connectivity index (χ0v) is 15.9. The fraction of sp³-hybridized carbons (Fsp3) is 0.278. The van der Waals surface area contributed by atoms with Crippen molar-refractivity contribution in [1.29, 1.82) is 0 Å². The summed E-state index contributed by atoms with van der Waals surface area (Å²) >= 11 is 0. The molecule has 0 bridgehead atoms. The van der Waals surface area contributed by atoms with Gasteiger partial charge in [0.05, 0.1) is 10.1 Å². The highest BCUT2D eigenvalue weighted by Gasteiger charge is 2.19. The quantitative estimate of drug-likeness (QED) is 0.752. The van der Waals surface area contributed by atoms with Crippen molar-refractivity contribution in [2.45, 2.75) is 30.4 Å². The molecule has 0 spiro atoms. The van der Waals surface area contributed by atoms with Crippen LogP contribution < -0.4 is 11.1 Å². The summed E-state index contributed by atoms with van der Waals surface area (Å²) in [7, 11) is -3.32. The molecule has 2 rings (SSSR count). The summed E-state index contributed by atoms with van der Waals surface area (Å²) in [5.74, 6) is -0.223. The van der Waals surface area contributed by atoms with Crippen molar-refractivity contribution < 1.29 is 13.2 Å². The molecule has 136 valence electrons. The SMILES string of the molecule is CC(C)S(=O)(=O)c1ccc(C(=O)NCCc2ccc(N)cc2)cc1.Cl. The van der Waals surface area contributed by atoms with Gasteiger partial charge in [0.2, 0.25) is 0 Å². The molecule has 0 saturated heterocycles. The van der Waals surface area contributed by atoms with E-state index < -0.39 is 15.1 Å². The van der Waals surface area contributed by atoms with Gasteiger partial charge >= 0.3 is 0 Å². The van der Waals surface area contributed by atoms with Crippen molar-refractivity contribution in [2.75, 3.05) is 12.3 Å². The van der Waals surface area contributed by atoms with Gasteiger partial charge < -0.3 is 11.1 Å². The number of carbonyl (C=O) groups excluding carboxylic acids is 1. The summed E-state index contributed by atoms with van der Waals surface area (Å²) in [6, 6.07) is 13.5. The van der Waals surface area contributed by atoms with Crippen LogP contribution in [0.5, 0.6) is 0 Å². The first-order valence-electron chi connectivity index (χ1n) is 7.77. The molecule has 0 heterocycles. The van der Waals surface area contributed by atoms with E-state index in [1.165, 1.54) is 24.3 Å². The Morgan fingerprint density at radius 1 is 1.04 bits per heavy atom. The fourth-order valence-corrected chi connectivity index (χ4v) is 3.23. The van der Waals surface area contributed by atoms with Crippen LogP contribution in [0.2, 0.25) is 0 Å². The molecule has 0 atom stereocenters. The molecule has 0 aliphatic rings. The van der Waals surface area contributed by atoms with Gasteiger partial charge in [-0.05, 0) is 62.2 Å². The molecular formula is C18H23ClN2O3S. The van der Waals surface area contributed by atoms with E-state index >= 15 is 0 Å². The van der Waals surface area contributed by atoms with Crippen LogP contribution in [0.15, 0.2) is 53.4 Å². The third-order valence-electron chi connectivity index (χ3n) is 3.74. The first-order valence-corrected chi connectivity index (χ1v) is 9.32. The van der Waals surface area contributed by atoms with Gasteiger partial charge in [0, 0.05) is 17.8 Å². The van der Waals surface area contributed by atoms with E-state index in [0.717, 1.165) is 5.56 Å². The van der Waals surface area contributed by atoms with E-state index in [4.69, 9.17) is 5.73 Å². The van der Waals surface area contributed by atoms with E-state index in [1.54, 1.807) is 13.8 Å². The van der Waals surface area contributed by atoms with Gasteiger partial charge in [0.15, 0.2) is 9.84 Å².